The molecule has 0 heterocycles. The minimum Gasteiger partial charge on any atom is -0.542 e. The van der Waals surface area contributed by atoms with Crippen LogP contribution in [0.4, 0.5) is 52.7 Å². The first-order valence-corrected chi connectivity index (χ1v) is 4.90. The van der Waals surface area contributed by atoms with E-state index in [-0.39, 0.29) is 39.0 Å². The first kappa shape index (κ1) is 42.4. The summed E-state index contributed by atoms with van der Waals surface area (Å²) in [5.41, 5.74) is 0. The second-order valence-corrected chi connectivity index (χ2v) is 3.14. The summed E-state index contributed by atoms with van der Waals surface area (Å²) in [5, 5.41) is 35.1. The van der Waals surface area contributed by atoms with E-state index < -0.39 is 48.6 Å². The molecule has 0 N–H and O–H groups in total. The zero-order valence-corrected chi connectivity index (χ0v) is 15.7. The van der Waals surface area contributed by atoms with Gasteiger partial charge < -0.3 is 39.6 Å². The van der Waals surface area contributed by atoms with Gasteiger partial charge in [-0.25, -0.2) is 0 Å². The summed E-state index contributed by atoms with van der Waals surface area (Å²) in [7, 11) is 0. The van der Waals surface area contributed by atoms with Crippen molar-refractivity contribution in [2.24, 2.45) is 0 Å². The Bertz CT molecular complexity index is 440. The van der Waals surface area contributed by atoms with Gasteiger partial charge in [0.05, 0.1) is 0 Å². The van der Waals surface area contributed by atoms with Crippen molar-refractivity contribution in [2.75, 3.05) is 0 Å². The smallest absolute Gasteiger partial charge is 0.430 e. The Balaban J connectivity index is -0.0000000626. The van der Waals surface area contributed by atoms with Gasteiger partial charge in [-0.05, 0) is 0 Å². The van der Waals surface area contributed by atoms with E-state index in [1.807, 2.05) is 0 Å². The quantitative estimate of drug-likeness (QED) is 0.199. The van der Waals surface area contributed by atoms with E-state index in [1.165, 1.54) is 0 Å². The molecule has 0 amide bonds. The normalized spacial score (nSPS) is 10.5. The number of rotatable bonds is 0. The summed E-state index contributed by atoms with van der Waals surface area (Å²) in [6, 6.07) is 0. The van der Waals surface area contributed by atoms with Gasteiger partial charge in [-0.2, -0.15) is 52.7 Å². The maximum atomic E-state index is 10.5. The van der Waals surface area contributed by atoms with E-state index >= 15 is 0 Å². The first-order chi connectivity index (χ1) is 11.8. The summed E-state index contributed by atoms with van der Waals surface area (Å²) in [6.45, 7) is 0. The average molecular weight is 658 g/mol. The molecule has 0 aromatic carbocycles. The zero-order valence-electron chi connectivity index (χ0n) is 12.5. The molecule has 0 spiro atoms. The van der Waals surface area contributed by atoms with Crippen molar-refractivity contribution in [1.82, 2.24) is 0 Å². The molecule has 2 radical (unpaired) electrons. The fraction of sp³-hybridized carbons (Fsp3) is 0.500. The molecule has 0 aromatic heterocycles. The van der Waals surface area contributed by atoms with E-state index in [4.69, 9.17) is 39.6 Å². The summed E-state index contributed by atoms with van der Waals surface area (Å²) in [6.07, 6.45) is -20.8. The topological polar surface area (TPSA) is 161 Å². The van der Waals surface area contributed by atoms with Crippen molar-refractivity contribution in [3.8, 4) is 0 Å². The maximum Gasteiger partial charge on any atom is 0.430 e. The van der Waals surface area contributed by atoms with E-state index in [1.54, 1.807) is 0 Å². The van der Waals surface area contributed by atoms with Crippen LogP contribution < -0.4 is 20.4 Å². The van der Waals surface area contributed by atoms with Crippen molar-refractivity contribution in [1.29, 1.82) is 0 Å². The van der Waals surface area contributed by atoms with Gasteiger partial charge in [-0.1, -0.05) is 0 Å². The molecule has 0 unspecified atom stereocenters. The predicted molar refractivity (Wildman–Crippen MR) is 44.2 cm³/mol. The molecule has 0 aliphatic rings. The van der Waals surface area contributed by atoms with Crippen LogP contribution in [0.15, 0.2) is 0 Å². The van der Waals surface area contributed by atoms with E-state index in [0.29, 0.717) is 0 Å². The van der Waals surface area contributed by atoms with Crippen LogP contribution in [0.2, 0.25) is 0 Å². The van der Waals surface area contributed by atoms with Crippen molar-refractivity contribution >= 4 is 23.9 Å². The number of carboxylic acid groups (broad SMARTS) is 4. The van der Waals surface area contributed by atoms with Gasteiger partial charge in [-0.15, -0.1) is 0 Å². The molecule has 30 heavy (non-hydrogen) atoms. The minimum absolute atomic E-state index is 0. The summed E-state index contributed by atoms with van der Waals surface area (Å²) in [5.74, 6) is -12.0. The van der Waals surface area contributed by atoms with Gasteiger partial charge in [0.15, 0.2) is 0 Å². The third kappa shape index (κ3) is 33.8. The second-order valence-electron chi connectivity index (χ2n) is 3.14. The number of hydrogen-bond acceptors (Lipinski definition) is 8. The third-order valence-electron chi connectivity index (χ3n) is 0.926. The monoisotopic (exact) mass is 658 g/mol. The van der Waals surface area contributed by atoms with Gasteiger partial charge in [0.2, 0.25) is 0 Å². The summed E-state index contributed by atoms with van der Waals surface area (Å²) < 4.78 is 126. The van der Waals surface area contributed by atoms with Crippen molar-refractivity contribution in [2.45, 2.75) is 24.7 Å². The van der Waals surface area contributed by atoms with Crippen LogP contribution in [0.5, 0.6) is 0 Å². The van der Waals surface area contributed by atoms with Crippen LogP contribution in [0.25, 0.3) is 0 Å². The van der Waals surface area contributed by atoms with Gasteiger partial charge in [-0.3, -0.25) is 0 Å². The van der Waals surface area contributed by atoms with Crippen LogP contribution in [-0.4, -0.2) is 48.6 Å². The molecule has 0 saturated carbocycles. The van der Waals surface area contributed by atoms with Crippen LogP contribution in [0, 0.1) is 0 Å². The number of carboxylic acids is 4. The van der Waals surface area contributed by atoms with Gasteiger partial charge in [0, 0.05) is 39.0 Å². The van der Waals surface area contributed by atoms with Crippen molar-refractivity contribution in [3.05, 3.63) is 0 Å². The number of halogens is 12. The van der Waals surface area contributed by atoms with E-state index in [0.717, 1.165) is 0 Å². The Labute approximate surface area is 180 Å². The molecule has 186 valence electrons. The number of aliphatic carboxylic acids is 4. The number of carbonyl (C=O) groups excluding carboxylic acids is 4. The average Bonchev–Trinajstić information content (AvgIpc) is 2.35. The molecule has 0 saturated heterocycles. The zero-order chi connectivity index (χ0) is 24.3. The molecule has 0 atom stereocenters. The maximum absolute atomic E-state index is 10.5. The largest absolute Gasteiger partial charge is 0.542 e. The minimum atomic E-state index is -5.19. The molecule has 0 fully saturated rings. The molecular weight excluding hydrogens is 658 g/mol. The second kappa shape index (κ2) is 16.0. The standard InChI is InChI=1S/4C2HF3O2.2Rh/c4*3-2(4,5)1(6)7;;/h4*(H,6,7);;/p-4. The third-order valence-corrected chi connectivity index (χ3v) is 0.926. The van der Waals surface area contributed by atoms with Crippen molar-refractivity contribution < 1.29 is 131 Å². The Hall–Kier alpha value is -1.71. The molecule has 22 heteroatoms. The van der Waals surface area contributed by atoms with Crippen molar-refractivity contribution in [3.63, 3.8) is 0 Å². The number of alkyl halides is 12. The Kier molecular flexibility index (Phi) is 22.7. The number of carbonyl (C=O) groups is 4. The summed E-state index contributed by atoms with van der Waals surface area (Å²) in [4.78, 5) is 35.1. The Morgan fingerprint density at radius 1 is 0.367 bits per heavy atom. The summed E-state index contributed by atoms with van der Waals surface area (Å²) >= 11 is 0. The van der Waals surface area contributed by atoms with Gasteiger partial charge in [0.25, 0.3) is 0 Å². The molecule has 0 aliphatic heterocycles. The molecule has 0 rings (SSSR count). The van der Waals surface area contributed by atoms with Gasteiger partial charge >= 0.3 is 24.7 Å². The first-order valence-electron chi connectivity index (χ1n) is 4.90. The molecular formula is C8F12O8Rh2-4. The van der Waals surface area contributed by atoms with Crippen LogP contribution in [0.3, 0.4) is 0 Å². The predicted octanol–water partition coefficient (Wildman–Crippen LogP) is -2.81. The van der Waals surface area contributed by atoms with Crippen LogP contribution in [0.1, 0.15) is 0 Å². The molecule has 8 nitrogen and oxygen atoms in total. The van der Waals surface area contributed by atoms with Crippen LogP contribution >= 0.6 is 0 Å². The molecule has 0 aromatic rings. The Morgan fingerprint density at radius 2 is 0.400 bits per heavy atom. The van der Waals surface area contributed by atoms with E-state index in [2.05, 4.69) is 0 Å². The number of hydrogen-bond donors (Lipinski definition) is 0. The fourth-order valence-corrected chi connectivity index (χ4v) is 0. The van der Waals surface area contributed by atoms with E-state index in [9.17, 15) is 52.7 Å². The Morgan fingerprint density at radius 3 is 0.400 bits per heavy atom. The SMILES string of the molecule is O=C([O-])C(F)(F)F.O=C([O-])C(F)(F)F.O=C([O-])C(F)(F)F.O=C([O-])C(F)(F)F.[Rh].[Rh]. The molecule has 0 aliphatic carbocycles. The van der Waals surface area contributed by atoms with Gasteiger partial charge in [0.1, 0.15) is 23.9 Å². The fourth-order valence-electron chi connectivity index (χ4n) is 0. The molecule has 0 bridgehead atoms. The van der Waals surface area contributed by atoms with Crippen LogP contribution in [-0.2, 0) is 58.1 Å².